The SMILES string of the molecule is COc1ccc(C(CC(=O)O)NC(=O)C2CC3C=CC2C3)c(OC)c1. The molecule has 0 heterocycles. The topological polar surface area (TPSA) is 84.9 Å². The zero-order valence-corrected chi connectivity index (χ0v) is 14.4. The average Bonchev–Trinajstić information content (AvgIpc) is 3.23. The van der Waals surface area contributed by atoms with Gasteiger partial charge in [0.25, 0.3) is 0 Å². The van der Waals surface area contributed by atoms with Gasteiger partial charge in [-0.15, -0.1) is 0 Å². The Hall–Kier alpha value is -2.50. The number of rotatable bonds is 7. The van der Waals surface area contributed by atoms with Gasteiger partial charge in [0.15, 0.2) is 0 Å². The summed E-state index contributed by atoms with van der Waals surface area (Å²) >= 11 is 0. The number of carboxylic acids is 1. The lowest BCUT2D eigenvalue weighted by Crippen LogP contribution is -2.36. The average molecular weight is 345 g/mol. The number of fused-ring (bicyclic) bond motifs is 2. The minimum absolute atomic E-state index is 0.0736. The van der Waals surface area contributed by atoms with Crippen LogP contribution in [0.5, 0.6) is 11.5 Å². The number of ether oxygens (including phenoxy) is 2. The van der Waals surface area contributed by atoms with Gasteiger partial charge >= 0.3 is 5.97 Å². The molecule has 2 bridgehead atoms. The first-order valence-corrected chi connectivity index (χ1v) is 8.44. The second-order valence-electron chi connectivity index (χ2n) is 6.65. The van der Waals surface area contributed by atoms with Gasteiger partial charge in [0.2, 0.25) is 5.91 Å². The molecule has 2 aliphatic rings. The van der Waals surface area contributed by atoms with Gasteiger partial charge in [-0.2, -0.15) is 0 Å². The third-order valence-corrected chi connectivity index (χ3v) is 5.13. The fourth-order valence-corrected chi connectivity index (χ4v) is 3.88. The van der Waals surface area contributed by atoms with Crippen LogP contribution in [0.25, 0.3) is 0 Å². The molecule has 2 aliphatic carbocycles. The summed E-state index contributed by atoms with van der Waals surface area (Å²) in [6.45, 7) is 0. The summed E-state index contributed by atoms with van der Waals surface area (Å²) in [6.07, 6.45) is 5.94. The van der Waals surface area contributed by atoms with E-state index in [4.69, 9.17) is 9.47 Å². The van der Waals surface area contributed by atoms with Crippen molar-refractivity contribution in [3.05, 3.63) is 35.9 Å². The van der Waals surface area contributed by atoms with E-state index in [2.05, 4.69) is 17.5 Å². The van der Waals surface area contributed by atoms with Gasteiger partial charge in [-0.3, -0.25) is 9.59 Å². The van der Waals surface area contributed by atoms with E-state index in [1.165, 1.54) is 7.11 Å². The predicted octanol–water partition coefficient (Wildman–Crippen LogP) is 2.55. The highest BCUT2D eigenvalue weighted by molar-refractivity contribution is 5.81. The molecule has 0 radical (unpaired) electrons. The largest absolute Gasteiger partial charge is 0.497 e. The molecule has 1 aromatic carbocycles. The first kappa shape index (κ1) is 17.3. The van der Waals surface area contributed by atoms with Crippen molar-refractivity contribution in [3.8, 4) is 11.5 Å². The van der Waals surface area contributed by atoms with Crippen LogP contribution in [0.2, 0.25) is 0 Å². The highest BCUT2D eigenvalue weighted by Crippen LogP contribution is 2.44. The molecule has 1 fully saturated rings. The van der Waals surface area contributed by atoms with Crippen LogP contribution >= 0.6 is 0 Å². The molecule has 0 aliphatic heterocycles. The number of carbonyl (C=O) groups is 2. The molecule has 0 spiro atoms. The minimum Gasteiger partial charge on any atom is -0.497 e. The van der Waals surface area contributed by atoms with E-state index < -0.39 is 12.0 Å². The van der Waals surface area contributed by atoms with E-state index in [1.54, 1.807) is 25.3 Å². The van der Waals surface area contributed by atoms with Crippen LogP contribution in [0, 0.1) is 17.8 Å². The van der Waals surface area contributed by atoms with E-state index >= 15 is 0 Å². The molecule has 3 rings (SSSR count). The smallest absolute Gasteiger partial charge is 0.305 e. The van der Waals surface area contributed by atoms with Gasteiger partial charge < -0.3 is 19.9 Å². The Morgan fingerprint density at radius 1 is 1.24 bits per heavy atom. The molecular formula is C19H23NO5. The number of amides is 1. The van der Waals surface area contributed by atoms with Crippen molar-refractivity contribution in [1.29, 1.82) is 0 Å². The number of aliphatic carboxylic acids is 1. The van der Waals surface area contributed by atoms with Crippen molar-refractivity contribution >= 4 is 11.9 Å². The number of carbonyl (C=O) groups excluding carboxylic acids is 1. The molecule has 134 valence electrons. The van der Waals surface area contributed by atoms with Crippen LogP contribution < -0.4 is 14.8 Å². The second-order valence-corrected chi connectivity index (χ2v) is 6.65. The van der Waals surface area contributed by atoms with Gasteiger partial charge in [-0.25, -0.2) is 0 Å². The molecule has 1 amide bonds. The van der Waals surface area contributed by atoms with E-state index in [9.17, 15) is 14.7 Å². The third-order valence-electron chi connectivity index (χ3n) is 5.13. The quantitative estimate of drug-likeness (QED) is 0.742. The molecule has 4 unspecified atom stereocenters. The van der Waals surface area contributed by atoms with Crippen LogP contribution in [0.1, 0.15) is 30.9 Å². The highest BCUT2D eigenvalue weighted by atomic mass is 16.5. The summed E-state index contributed by atoms with van der Waals surface area (Å²) in [5.74, 6) is 0.730. The molecule has 0 saturated heterocycles. The van der Waals surface area contributed by atoms with Crippen LogP contribution in [0.3, 0.4) is 0 Å². The van der Waals surface area contributed by atoms with E-state index in [-0.39, 0.29) is 24.2 Å². The number of hydrogen-bond donors (Lipinski definition) is 2. The van der Waals surface area contributed by atoms with Gasteiger partial charge in [0.05, 0.1) is 26.7 Å². The Morgan fingerprint density at radius 3 is 2.60 bits per heavy atom. The summed E-state index contributed by atoms with van der Waals surface area (Å²) in [6, 6.07) is 4.52. The maximum atomic E-state index is 12.7. The van der Waals surface area contributed by atoms with Crippen molar-refractivity contribution in [2.75, 3.05) is 14.2 Å². The lowest BCUT2D eigenvalue weighted by Gasteiger charge is -2.24. The molecule has 6 nitrogen and oxygen atoms in total. The van der Waals surface area contributed by atoms with E-state index in [0.717, 1.165) is 12.8 Å². The van der Waals surface area contributed by atoms with Gasteiger partial charge in [-0.05, 0) is 36.8 Å². The zero-order valence-electron chi connectivity index (χ0n) is 14.4. The standard InChI is InChI=1S/C19H23NO5/c1-24-13-5-6-14(17(9-13)25-2)16(10-18(21)22)20-19(23)15-8-11-3-4-12(15)7-11/h3-6,9,11-12,15-16H,7-8,10H2,1-2H3,(H,20,23)(H,21,22). The van der Waals surface area contributed by atoms with Gasteiger partial charge in [0.1, 0.15) is 11.5 Å². The number of allylic oxidation sites excluding steroid dienone is 2. The maximum Gasteiger partial charge on any atom is 0.305 e. The monoisotopic (exact) mass is 345 g/mol. The second kappa shape index (κ2) is 7.17. The Balaban J connectivity index is 1.81. The van der Waals surface area contributed by atoms with Crippen molar-refractivity contribution < 1.29 is 24.2 Å². The molecular weight excluding hydrogens is 322 g/mol. The Morgan fingerprint density at radius 2 is 2.04 bits per heavy atom. The Labute approximate surface area is 146 Å². The van der Waals surface area contributed by atoms with Gasteiger partial charge in [-0.1, -0.05) is 12.2 Å². The predicted molar refractivity (Wildman–Crippen MR) is 91.5 cm³/mol. The summed E-state index contributed by atoms with van der Waals surface area (Å²) in [4.78, 5) is 24.0. The fourth-order valence-electron chi connectivity index (χ4n) is 3.88. The number of hydrogen-bond acceptors (Lipinski definition) is 4. The normalized spacial score (nSPS) is 24.8. The molecule has 1 saturated carbocycles. The Kier molecular flexibility index (Phi) is 4.97. The van der Waals surface area contributed by atoms with E-state index in [1.807, 2.05) is 0 Å². The number of nitrogens with one attached hydrogen (secondary N) is 1. The molecule has 6 heteroatoms. The molecule has 0 aromatic heterocycles. The molecule has 2 N–H and O–H groups in total. The molecule has 4 atom stereocenters. The van der Waals surface area contributed by atoms with Crippen LogP contribution in [0.4, 0.5) is 0 Å². The van der Waals surface area contributed by atoms with Crippen molar-refractivity contribution in [2.45, 2.75) is 25.3 Å². The Bertz CT molecular complexity index is 699. The van der Waals surface area contributed by atoms with Crippen molar-refractivity contribution in [2.24, 2.45) is 17.8 Å². The molecule has 25 heavy (non-hydrogen) atoms. The minimum atomic E-state index is -0.976. The first-order chi connectivity index (χ1) is 12.0. The van der Waals surface area contributed by atoms with E-state index in [0.29, 0.717) is 23.0 Å². The zero-order chi connectivity index (χ0) is 18.0. The summed E-state index contributed by atoms with van der Waals surface area (Å²) in [5.41, 5.74) is 0.637. The van der Waals surface area contributed by atoms with Crippen LogP contribution in [-0.4, -0.2) is 31.2 Å². The van der Waals surface area contributed by atoms with Crippen molar-refractivity contribution in [3.63, 3.8) is 0 Å². The lowest BCUT2D eigenvalue weighted by molar-refractivity contribution is -0.138. The number of benzene rings is 1. The van der Waals surface area contributed by atoms with Crippen LogP contribution in [0.15, 0.2) is 30.4 Å². The third kappa shape index (κ3) is 3.62. The molecule has 1 aromatic rings. The summed E-state index contributed by atoms with van der Waals surface area (Å²) in [7, 11) is 3.06. The number of methoxy groups -OCH3 is 2. The van der Waals surface area contributed by atoms with Gasteiger partial charge in [0, 0.05) is 17.5 Å². The fraction of sp³-hybridized carbons (Fsp3) is 0.474. The maximum absolute atomic E-state index is 12.7. The first-order valence-electron chi connectivity index (χ1n) is 8.44. The van der Waals surface area contributed by atoms with Crippen LogP contribution in [-0.2, 0) is 9.59 Å². The summed E-state index contributed by atoms with van der Waals surface area (Å²) in [5, 5.41) is 12.2. The lowest BCUT2D eigenvalue weighted by atomic mass is 9.91. The van der Waals surface area contributed by atoms with Crippen molar-refractivity contribution in [1.82, 2.24) is 5.32 Å². The summed E-state index contributed by atoms with van der Waals surface area (Å²) < 4.78 is 10.5. The number of carboxylic acid groups (broad SMARTS) is 1. The highest BCUT2D eigenvalue weighted by Gasteiger charge is 2.40.